The highest BCUT2D eigenvalue weighted by Crippen LogP contribution is 2.39. The molecule has 0 aromatic carbocycles. The lowest BCUT2D eigenvalue weighted by molar-refractivity contribution is -0.919. The molecule has 2 unspecified atom stereocenters. The summed E-state index contributed by atoms with van der Waals surface area (Å²) in [5.41, 5.74) is 0.670. The fourth-order valence-electron chi connectivity index (χ4n) is 7.54. The van der Waals surface area contributed by atoms with E-state index >= 15 is 0 Å². The Morgan fingerprint density at radius 2 is 1.32 bits per heavy atom. The van der Waals surface area contributed by atoms with Crippen LogP contribution in [0.25, 0.3) is 0 Å². The quantitative estimate of drug-likeness (QED) is 0.0503. The van der Waals surface area contributed by atoms with Crippen LogP contribution in [-0.4, -0.2) is 102 Å². The van der Waals surface area contributed by atoms with Gasteiger partial charge in [0.25, 0.3) is 6.35 Å². The van der Waals surface area contributed by atoms with Crippen LogP contribution in [0.2, 0.25) is 0 Å². The topological polar surface area (TPSA) is 96.4 Å². The zero-order valence-electron chi connectivity index (χ0n) is 29.4. The van der Waals surface area contributed by atoms with E-state index in [0.717, 1.165) is 77.5 Å². The third-order valence-corrected chi connectivity index (χ3v) is 11.5. The summed E-state index contributed by atoms with van der Waals surface area (Å²) in [5, 5.41) is 22.9. The number of carbonyl (C=O) groups excluding carboxylic acids is 2. The van der Waals surface area contributed by atoms with Crippen molar-refractivity contribution in [3.05, 3.63) is 5.21 Å². The minimum Gasteiger partial charge on any atom is -0.630 e. The Labute approximate surface area is 269 Å². The molecule has 2 rings (SSSR count). The Balaban J connectivity index is 1.58. The molecule has 0 aromatic heterocycles. The maximum Gasteiger partial charge on any atom is 0.327 e. The minimum absolute atomic E-state index is 0.0538. The molecule has 0 radical (unpaired) electrons. The van der Waals surface area contributed by atoms with Crippen molar-refractivity contribution in [2.45, 2.75) is 144 Å². The Morgan fingerprint density at radius 3 is 1.77 bits per heavy atom. The molecule has 9 heteroatoms. The molecule has 44 heavy (non-hydrogen) atoms. The zero-order chi connectivity index (χ0) is 32.6. The van der Waals surface area contributed by atoms with E-state index in [9.17, 15) is 19.9 Å². The summed E-state index contributed by atoms with van der Waals surface area (Å²) >= 11 is 0. The van der Waals surface area contributed by atoms with Gasteiger partial charge in [0, 0.05) is 32.8 Å². The van der Waals surface area contributed by atoms with Crippen molar-refractivity contribution in [3.8, 4) is 0 Å². The van der Waals surface area contributed by atoms with Crippen LogP contribution in [0, 0.1) is 16.0 Å². The van der Waals surface area contributed by atoms with Gasteiger partial charge in [-0.15, -0.1) is 0 Å². The number of hydroxylamine groups is 3. The van der Waals surface area contributed by atoms with Crippen LogP contribution in [0.5, 0.6) is 0 Å². The molecule has 2 fully saturated rings. The molecule has 2 atom stereocenters. The van der Waals surface area contributed by atoms with Gasteiger partial charge in [0.15, 0.2) is 0 Å². The minimum atomic E-state index is -0.888. The average Bonchev–Trinajstić information content (AvgIpc) is 3.49. The molecule has 0 bridgehead atoms. The number of unbranched alkanes of at least 4 members (excludes halogenated alkanes) is 3. The number of aliphatic hydroxyl groups excluding tert-OH is 1. The second-order valence-electron chi connectivity index (χ2n) is 13.7. The Bertz CT molecular complexity index is 834. The first kappa shape index (κ1) is 38.9. The van der Waals surface area contributed by atoms with Crippen LogP contribution in [-0.2, 0) is 9.53 Å². The lowest BCUT2D eigenvalue weighted by Gasteiger charge is -2.41. The monoisotopic (exact) mass is 625 g/mol. The third-order valence-electron chi connectivity index (χ3n) is 11.5. The number of aliphatic hydroxyl groups is 1. The second kappa shape index (κ2) is 19.4. The van der Waals surface area contributed by atoms with Gasteiger partial charge in [-0.2, -0.15) is 0 Å². The number of quaternary nitrogens is 1. The van der Waals surface area contributed by atoms with Gasteiger partial charge in [-0.1, -0.05) is 72.6 Å². The van der Waals surface area contributed by atoms with E-state index in [-0.39, 0.29) is 23.9 Å². The molecule has 2 saturated heterocycles. The van der Waals surface area contributed by atoms with E-state index in [1.807, 2.05) is 18.7 Å². The largest absolute Gasteiger partial charge is 0.630 e. The molecular weight excluding hydrogens is 556 g/mol. The molecule has 2 heterocycles. The number of carbonyl (C=O) groups is 2. The van der Waals surface area contributed by atoms with Gasteiger partial charge in [0.1, 0.15) is 6.54 Å². The van der Waals surface area contributed by atoms with Crippen LogP contribution < -0.4 is 0 Å². The summed E-state index contributed by atoms with van der Waals surface area (Å²) < 4.78 is 5.55. The van der Waals surface area contributed by atoms with E-state index in [2.05, 4.69) is 27.7 Å². The molecule has 0 aromatic rings. The third kappa shape index (κ3) is 10.9. The van der Waals surface area contributed by atoms with Crippen molar-refractivity contribution in [2.24, 2.45) is 10.8 Å². The first-order valence-electron chi connectivity index (χ1n) is 18.3. The van der Waals surface area contributed by atoms with Gasteiger partial charge < -0.3 is 24.6 Å². The summed E-state index contributed by atoms with van der Waals surface area (Å²) in [7, 11) is 0. The summed E-state index contributed by atoms with van der Waals surface area (Å²) in [5.74, 6) is -0.0538. The molecule has 3 amide bonds. The van der Waals surface area contributed by atoms with Crippen LogP contribution in [0.1, 0.15) is 138 Å². The highest BCUT2D eigenvalue weighted by molar-refractivity contribution is 6.01. The molecule has 1 N–H and O–H groups in total. The molecule has 9 nitrogen and oxygen atoms in total. The average molecular weight is 625 g/mol. The van der Waals surface area contributed by atoms with Gasteiger partial charge in [0.05, 0.1) is 19.6 Å². The van der Waals surface area contributed by atoms with E-state index in [1.165, 1.54) is 43.4 Å². The fraction of sp³-hybridized carbons (Fsp3) is 0.943. The molecule has 258 valence electrons. The number of nitrogens with zero attached hydrogens (tertiary/aromatic N) is 4. The molecule has 2 aliphatic heterocycles. The maximum absolute atomic E-state index is 12.5. The molecular formula is C35H68N4O5. The summed E-state index contributed by atoms with van der Waals surface area (Å²) in [6, 6.07) is -0.123. The first-order chi connectivity index (χ1) is 21.1. The van der Waals surface area contributed by atoms with Crippen molar-refractivity contribution in [3.63, 3.8) is 0 Å². The Kier molecular flexibility index (Phi) is 17.2. The molecule has 2 aliphatic rings. The van der Waals surface area contributed by atoms with Crippen molar-refractivity contribution < 1.29 is 24.1 Å². The van der Waals surface area contributed by atoms with Crippen molar-refractivity contribution >= 4 is 11.9 Å². The van der Waals surface area contributed by atoms with Gasteiger partial charge >= 0.3 is 6.03 Å². The number of likely N-dealkylation sites (N-methyl/N-ethyl adjacent to an activating group) is 2. The first-order valence-corrected chi connectivity index (χ1v) is 18.3. The second-order valence-corrected chi connectivity index (χ2v) is 13.7. The Morgan fingerprint density at radius 1 is 0.795 bits per heavy atom. The van der Waals surface area contributed by atoms with Crippen LogP contribution >= 0.6 is 0 Å². The number of ether oxygens (including phenoxy) is 1. The standard InChI is InChI=1S/C35H68N4O5/c1-7-34(8-2,20-13-16-24-37-26-27-39(43,12-6)33(37)42)21-14-17-28-44-29-18-15-22-35(9-3,10-4)23-19-25-38-31(40)30-36(11-5)32(38)41/h33,42H,7-30H2,1-6H3. The lowest BCUT2D eigenvalue weighted by atomic mass is 9.74. The van der Waals surface area contributed by atoms with Crippen LogP contribution in [0.15, 0.2) is 0 Å². The predicted octanol–water partition coefficient (Wildman–Crippen LogP) is 7.12. The Hall–Kier alpha value is -1.26. The van der Waals surface area contributed by atoms with Crippen LogP contribution in [0.3, 0.4) is 0 Å². The number of hydrogen-bond acceptors (Lipinski definition) is 6. The summed E-state index contributed by atoms with van der Waals surface area (Å²) in [6.07, 6.45) is 16.1. The number of hydrogen-bond donors (Lipinski definition) is 1. The van der Waals surface area contributed by atoms with Crippen molar-refractivity contribution in [2.75, 3.05) is 59.0 Å². The smallest absolute Gasteiger partial charge is 0.327 e. The van der Waals surface area contributed by atoms with E-state index in [1.54, 1.807) is 4.90 Å². The van der Waals surface area contributed by atoms with E-state index in [0.29, 0.717) is 38.1 Å². The number of amides is 3. The highest BCUT2D eigenvalue weighted by atomic mass is 16.6. The number of rotatable bonds is 25. The normalized spacial score (nSPS) is 21.8. The summed E-state index contributed by atoms with van der Waals surface area (Å²) in [6.45, 7) is 18.5. The van der Waals surface area contributed by atoms with Crippen LogP contribution in [0.4, 0.5) is 4.79 Å². The lowest BCUT2D eigenvalue weighted by Crippen LogP contribution is -2.50. The van der Waals surface area contributed by atoms with Crippen molar-refractivity contribution in [1.82, 2.24) is 14.7 Å². The summed E-state index contributed by atoms with van der Waals surface area (Å²) in [4.78, 5) is 29.7. The number of imide groups is 1. The van der Waals surface area contributed by atoms with Crippen molar-refractivity contribution in [1.29, 1.82) is 0 Å². The van der Waals surface area contributed by atoms with E-state index in [4.69, 9.17) is 4.74 Å². The zero-order valence-corrected chi connectivity index (χ0v) is 29.4. The van der Waals surface area contributed by atoms with Gasteiger partial charge in [0.2, 0.25) is 5.91 Å². The number of urea groups is 1. The highest BCUT2D eigenvalue weighted by Gasteiger charge is 2.38. The SMILES string of the molecule is CCN1CC(=O)N(CCCC(CC)(CC)CCCCOCCCCC(CC)(CC)CCCCN2CC[N+]([O-])(CC)C2O)C1=O. The molecule has 0 spiro atoms. The van der Waals surface area contributed by atoms with Gasteiger partial charge in [-0.25, -0.2) is 9.69 Å². The molecule has 0 aliphatic carbocycles. The maximum atomic E-state index is 12.5. The van der Waals surface area contributed by atoms with Gasteiger partial charge in [-0.3, -0.25) is 9.69 Å². The van der Waals surface area contributed by atoms with Gasteiger partial charge in [-0.05, 0) is 76.0 Å². The van der Waals surface area contributed by atoms with E-state index < -0.39 is 11.0 Å². The molecule has 0 saturated carbocycles. The fourth-order valence-corrected chi connectivity index (χ4v) is 7.54. The predicted molar refractivity (Wildman–Crippen MR) is 179 cm³/mol.